The number of carbonyl (C=O) groups is 1. The van der Waals surface area contributed by atoms with Gasteiger partial charge in [0, 0.05) is 13.0 Å². The van der Waals surface area contributed by atoms with Gasteiger partial charge in [-0.1, -0.05) is 29.8 Å². The number of hydrogen-bond acceptors (Lipinski definition) is 4. The Kier molecular flexibility index (Phi) is 4.25. The molecule has 1 aromatic carbocycles. The highest BCUT2D eigenvalue weighted by molar-refractivity contribution is 7.89. The van der Waals surface area contributed by atoms with Crippen LogP contribution < -0.4 is 5.43 Å². The Balaban J connectivity index is 2.29. The Hall–Kier alpha value is -1.66. The quantitative estimate of drug-likeness (QED) is 0.679. The van der Waals surface area contributed by atoms with Crippen molar-refractivity contribution < 1.29 is 13.2 Å². The summed E-state index contributed by atoms with van der Waals surface area (Å²) in [6.45, 7) is 3.11. The molecule has 20 heavy (non-hydrogen) atoms. The van der Waals surface area contributed by atoms with E-state index >= 15 is 0 Å². The van der Waals surface area contributed by atoms with Crippen molar-refractivity contribution in [3.63, 3.8) is 0 Å². The van der Waals surface area contributed by atoms with Gasteiger partial charge in [0.25, 0.3) is 10.0 Å². The molecule has 0 fully saturated rings. The molecule has 0 aromatic heterocycles. The minimum Gasteiger partial charge on any atom is -0.273 e. The number of rotatable bonds is 4. The monoisotopic (exact) mass is 294 g/mol. The molecule has 108 valence electrons. The maximum absolute atomic E-state index is 12.5. The van der Waals surface area contributed by atoms with Crippen LogP contribution in [0.5, 0.6) is 0 Å². The number of nitrogens with one attached hydrogen (secondary N) is 1. The number of amides is 1. The maximum Gasteiger partial charge on any atom is 0.280 e. The summed E-state index contributed by atoms with van der Waals surface area (Å²) in [5.74, 6) is -0.550. The van der Waals surface area contributed by atoms with Crippen molar-refractivity contribution in [1.29, 1.82) is 0 Å². The first-order valence-electron chi connectivity index (χ1n) is 6.46. The number of hydrogen-bond donors (Lipinski definition) is 1. The Bertz CT molecular complexity index is 620. The van der Waals surface area contributed by atoms with Crippen molar-refractivity contribution in [3.8, 4) is 0 Å². The molecule has 6 heteroatoms. The zero-order valence-electron chi connectivity index (χ0n) is 11.5. The van der Waals surface area contributed by atoms with Gasteiger partial charge in [0.05, 0.1) is 4.90 Å². The average molecular weight is 294 g/mol. The van der Waals surface area contributed by atoms with Crippen molar-refractivity contribution in [1.82, 2.24) is 9.84 Å². The summed E-state index contributed by atoms with van der Waals surface area (Å²) in [6, 6.07) is 6.31. The van der Waals surface area contributed by atoms with Gasteiger partial charge in [0.2, 0.25) is 5.91 Å². The van der Waals surface area contributed by atoms with Crippen LogP contribution in [0.4, 0.5) is 0 Å². The second-order valence-electron chi connectivity index (χ2n) is 4.84. The maximum atomic E-state index is 12.5. The van der Waals surface area contributed by atoms with Crippen molar-refractivity contribution in [2.24, 2.45) is 0 Å². The minimum absolute atomic E-state index is 0.104. The third-order valence-electron chi connectivity index (χ3n) is 3.14. The van der Waals surface area contributed by atoms with E-state index in [-0.39, 0.29) is 10.9 Å². The second kappa shape index (κ2) is 5.76. The first-order chi connectivity index (χ1) is 9.41. The first-order valence-corrected chi connectivity index (χ1v) is 7.90. The molecule has 1 N–H and O–H groups in total. The molecule has 0 saturated heterocycles. The summed E-state index contributed by atoms with van der Waals surface area (Å²) >= 11 is 0. The van der Waals surface area contributed by atoms with Crippen LogP contribution in [0, 0.1) is 6.92 Å². The van der Waals surface area contributed by atoms with Gasteiger partial charge in [-0.05, 0) is 31.9 Å². The zero-order valence-corrected chi connectivity index (χ0v) is 12.4. The summed E-state index contributed by atoms with van der Waals surface area (Å²) in [5.41, 5.74) is 3.74. The van der Waals surface area contributed by atoms with Crippen molar-refractivity contribution in [2.75, 3.05) is 0 Å². The Morgan fingerprint density at radius 1 is 1.30 bits per heavy atom. The minimum atomic E-state index is -3.87. The molecule has 0 aliphatic heterocycles. The average Bonchev–Trinajstić information content (AvgIpc) is 2.89. The molecule has 2 rings (SSSR count). The number of allylic oxidation sites excluding steroid dienone is 1. The van der Waals surface area contributed by atoms with Gasteiger partial charge in [-0.2, -0.15) is 12.8 Å². The summed E-state index contributed by atoms with van der Waals surface area (Å²) in [7, 11) is -3.87. The van der Waals surface area contributed by atoms with Crippen molar-refractivity contribution in [2.45, 2.75) is 37.6 Å². The molecule has 0 spiro atoms. The van der Waals surface area contributed by atoms with Crippen molar-refractivity contribution >= 4 is 15.9 Å². The summed E-state index contributed by atoms with van der Waals surface area (Å²) in [6.07, 6.45) is 5.51. The number of carbonyl (C=O) groups excluding carboxylic acids is 1. The predicted octanol–water partition coefficient (Wildman–Crippen LogP) is 1.76. The smallest absolute Gasteiger partial charge is 0.273 e. The summed E-state index contributed by atoms with van der Waals surface area (Å²) in [4.78, 5) is 11.8. The number of aryl methyl sites for hydroxylation is 1. The van der Waals surface area contributed by atoms with Gasteiger partial charge in [-0.3, -0.25) is 4.79 Å². The lowest BCUT2D eigenvalue weighted by molar-refractivity contribution is -0.126. The Labute approximate surface area is 119 Å². The van der Waals surface area contributed by atoms with Crippen molar-refractivity contribution in [3.05, 3.63) is 42.0 Å². The van der Waals surface area contributed by atoms with Crippen LogP contribution in [-0.4, -0.2) is 24.8 Å². The Morgan fingerprint density at radius 3 is 2.45 bits per heavy atom. The molecule has 1 amide bonds. The molecule has 0 saturated carbocycles. The molecular formula is C14H18N2O3S. The van der Waals surface area contributed by atoms with Crippen LogP contribution in [0.3, 0.4) is 0 Å². The third kappa shape index (κ3) is 3.08. The molecule has 5 nitrogen and oxygen atoms in total. The van der Waals surface area contributed by atoms with E-state index in [9.17, 15) is 13.2 Å². The van der Waals surface area contributed by atoms with Crippen LogP contribution in [0.1, 0.15) is 25.3 Å². The van der Waals surface area contributed by atoms with Gasteiger partial charge in [0.1, 0.15) is 0 Å². The fourth-order valence-electron chi connectivity index (χ4n) is 2.04. The van der Waals surface area contributed by atoms with E-state index in [0.29, 0.717) is 0 Å². The molecule has 0 radical (unpaired) electrons. The summed E-state index contributed by atoms with van der Waals surface area (Å²) in [5, 5.41) is 0. The van der Waals surface area contributed by atoms with E-state index in [1.807, 2.05) is 19.1 Å². The number of hydrazine groups is 1. The Morgan fingerprint density at radius 2 is 1.95 bits per heavy atom. The lowest BCUT2D eigenvalue weighted by Gasteiger charge is -2.24. The predicted molar refractivity (Wildman–Crippen MR) is 76.2 cm³/mol. The largest absolute Gasteiger partial charge is 0.280 e. The second-order valence-corrected chi connectivity index (χ2v) is 6.63. The molecule has 1 atom stereocenters. The highest BCUT2D eigenvalue weighted by atomic mass is 32.2. The lowest BCUT2D eigenvalue weighted by atomic mass is 10.2. The molecule has 1 unspecified atom stereocenters. The van der Waals surface area contributed by atoms with E-state index in [4.69, 9.17) is 0 Å². The van der Waals surface area contributed by atoms with Crippen LogP contribution in [-0.2, 0) is 14.8 Å². The lowest BCUT2D eigenvalue weighted by Crippen LogP contribution is -2.49. The highest BCUT2D eigenvalue weighted by Gasteiger charge is 2.29. The SMILES string of the molecule is CC(=O)N(NC1C=CCC1)S(=O)(=O)c1ccc(C)cc1. The molecule has 1 aliphatic carbocycles. The summed E-state index contributed by atoms with van der Waals surface area (Å²) < 4.78 is 25.7. The molecule has 0 bridgehead atoms. The van der Waals surface area contributed by atoms with E-state index in [0.717, 1.165) is 22.8 Å². The number of sulfonamides is 1. The van der Waals surface area contributed by atoms with E-state index in [2.05, 4.69) is 5.43 Å². The normalized spacial score (nSPS) is 18.2. The van der Waals surface area contributed by atoms with Gasteiger partial charge in [-0.15, -0.1) is 0 Å². The molecule has 0 heterocycles. The fourth-order valence-corrected chi connectivity index (χ4v) is 3.34. The molecular weight excluding hydrogens is 276 g/mol. The van der Waals surface area contributed by atoms with Crippen LogP contribution in [0.2, 0.25) is 0 Å². The van der Waals surface area contributed by atoms with E-state index < -0.39 is 15.9 Å². The highest BCUT2D eigenvalue weighted by Crippen LogP contribution is 2.17. The zero-order chi connectivity index (χ0) is 14.8. The molecule has 1 aromatic rings. The molecule has 1 aliphatic rings. The van der Waals surface area contributed by atoms with Gasteiger partial charge in [-0.25, -0.2) is 5.43 Å². The van der Waals surface area contributed by atoms with Gasteiger partial charge < -0.3 is 0 Å². The topological polar surface area (TPSA) is 66.5 Å². The van der Waals surface area contributed by atoms with Crippen LogP contribution in [0.25, 0.3) is 0 Å². The third-order valence-corrected chi connectivity index (χ3v) is 4.85. The van der Waals surface area contributed by atoms with E-state index in [1.165, 1.54) is 19.1 Å². The fraction of sp³-hybridized carbons (Fsp3) is 0.357. The first kappa shape index (κ1) is 14.7. The van der Waals surface area contributed by atoms with Gasteiger partial charge in [0.15, 0.2) is 0 Å². The number of benzene rings is 1. The van der Waals surface area contributed by atoms with Gasteiger partial charge >= 0.3 is 0 Å². The number of nitrogens with zero attached hydrogens (tertiary/aromatic N) is 1. The van der Waals surface area contributed by atoms with E-state index in [1.54, 1.807) is 12.1 Å². The van der Waals surface area contributed by atoms with Crippen LogP contribution >= 0.6 is 0 Å². The van der Waals surface area contributed by atoms with Crippen LogP contribution in [0.15, 0.2) is 41.3 Å². The standard InChI is InChI=1S/C14H18N2O3S/c1-11-7-9-14(10-8-11)20(18,19)16(12(2)17)15-13-5-3-4-6-13/h3,5,7-10,13,15H,4,6H2,1-2H3.